The average molecular weight is 446 g/mol. The van der Waals surface area contributed by atoms with Crippen LogP contribution in [0, 0.1) is 0 Å². The molecule has 3 amide bonds. The molecule has 0 bridgehead atoms. The summed E-state index contributed by atoms with van der Waals surface area (Å²) in [5.41, 5.74) is 1.63. The zero-order valence-electron chi connectivity index (χ0n) is 17.9. The van der Waals surface area contributed by atoms with Crippen molar-refractivity contribution in [2.45, 2.75) is 19.3 Å². The number of benzene rings is 2. The number of aryl methyl sites for hydroxylation is 1. The van der Waals surface area contributed by atoms with Crippen LogP contribution in [0.25, 0.3) is 0 Å². The van der Waals surface area contributed by atoms with Gasteiger partial charge in [0.15, 0.2) is 11.5 Å². The third-order valence-electron chi connectivity index (χ3n) is 5.32. The second kappa shape index (κ2) is 10.9. The largest absolute Gasteiger partial charge is 0.493 e. The molecule has 0 aliphatic carbocycles. The normalized spacial score (nSPS) is 14.0. The van der Waals surface area contributed by atoms with Crippen molar-refractivity contribution in [3.8, 4) is 11.5 Å². The fourth-order valence-corrected chi connectivity index (χ4v) is 3.78. The maximum absolute atomic E-state index is 12.8. The van der Waals surface area contributed by atoms with Gasteiger partial charge in [0.1, 0.15) is 0 Å². The van der Waals surface area contributed by atoms with Crippen molar-refractivity contribution in [1.82, 2.24) is 9.80 Å². The zero-order valence-corrected chi connectivity index (χ0v) is 18.7. The predicted molar refractivity (Wildman–Crippen MR) is 121 cm³/mol. The number of amides is 3. The molecule has 0 unspecified atom stereocenters. The lowest BCUT2D eigenvalue weighted by Gasteiger charge is -2.23. The molecule has 0 radical (unpaired) electrons. The number of hydrogen-bond donors (Lipinski definition) is 1. The van der Waals surface area contributed by atoms with Crippen molar-refractivity contribution >= 4 is 29.2 Å². The van der Waals surface area contributed by atoms with Crippen molar-refractivity contribution in [2.24, 2.45) is 0 Å². The molecule has 0 aromatic heterocycles. The van der Waals surface area contributed by atoms with E-state index in [0.29, 0.717) is 61.2 Å². The minimum Gasteiger partial charge on any atom is -0.493 e. The van der Waals surface area contributed by atoms with Gasteiger partial charge in [0.25, 0.3) is 0 Å². The van der Waals surface area contributed by atoms with Gasteiger partial charge in [-0.3, -0.25) is 4.79 Å². The number of para-hydroxylation sites is 1. The standard InChI is InChI=1S/C23H28ClN3O4/c1-30-20-6-3-5-17(22(20)31-2)7-12-21(28)26-13-4-14-27(16-15-26)23(29)25-19-10-8-18(24)9-11-19/h3,5-6,8-11H,4,7,12-16H2,1-2H3,(H,25,29). The lowest BCUT2D eigenvalue weighted by Crippen LogP contribution is -2.39. The SMILES string of the molecule is COc1cccc(CCC(=O)N2CCCN(C(=O)Nc3ccc(Cl)cc3)CC2)c1OC. The Morgan fingerprint density at radius 2 is 1.68 bits per heavy atom. The van der Waals surface area contributed by atoms with Crippen molar-refractivity contribution in [3.05, 3.63) is 53.1 Å². The van der Waals surface area contributed by atoms with Crippen LogP contribution >= 0.6 is 11.6 Å². The lowest BCUT2D eigenvalue weighted by atomic mass is 10.1. The third-order valence-corrected chi connectivity index (χ3v) is 5.58. The maximum Gasteiger partial charge on any atom is 0.321 e. The molecule has 7 nitrogen and oxygen atoms in total. The van der Waals surface area contributed by atoms with Crippen LogP contribution in [0.15, 0.2) is 42.5 Å². The zero-order chi connectivity index (χ0) is 22.2. The number of methoxy groups -OCH3 is 2. The summed E-state index contributed by atoms with van der Waals surface area (Å²) in [6.07, 6.45) is 1.68. The summed E-state index contributed by atoms with van der Waals surface area (Å²) in [5, 5.41) is 3.50. The summed E-state index contributed by atoms with van der Waals surface area (Å²) in [5.74, 6) is 1.40. The monoisotopic (exact) mass is 445 g/mol. The Morgan fingerprint density at radius 1 is 0.968 bits per heavy atom. The summed E-state index contributed by atoms with van der Waals surface area (Å²) in [4.78, 5) is 29.0. The highest BCUT2D eigenvalue weighted by atomic mass is 35.5. The molecule has 1 fully saturated rings. The summed E-state index contributed by atoms with van der Waals surface area (Å²) in [6.45, 7) is 2.25. The van der Waals surface area contributed by atoms with Crippen LogP contribution in [0.2, 0.25) is 5.02 Å². The molecule has 0 atom stereocenters. The van der Waals surface area contributed by atoms with E-state index in [9.17, 15) is 9.59 Å². The van der Waals surface area contributed by atoms with E-state index in [1.165, 1.54) is 0 Å². The Bertz CT molecular complexity index is 904. The Balaban J connectivity index is 1.52. The van der Waals surface area contributed by atoms with Gasteiger partial charge in [0, 0.05) is 43.3 Å². The van der Waals surface area contributed by atoms with E-state index in [0.717, 1.165) is 12.0 Å². The highest BCUT2D eigenvalue weighted by Crippen LogP contribution is 2.31. The molecule has 166 valence electrons. The first kappa shape index (κ1) is 22.7. The number of ether oxygens (including phenoxy) is 2. The second-order valence-electron chi connectivity index (χ2n) is 7.31. The summed E-state index contributed by atoms with van der Waals surface area (Å²) >= 11 is 5.89. The number of urea groups is 1. The minimum absolute atomic E-state index is 0.0739. The van der Waals surface area contributed by atoms with Gasteiger partial charge in [-0.2, -0.15) is 0 Å². The molecule has 1 saturated heterocycles. The first-order chi connectivity index (χ1) is 15.0. The minimum atomic E-state index is -0.169. The van der Waals surface area contributed by atoms with Gasteiger partial charge in [-0.25, -0.2) is 4.79 Å². The van der Waals surface area contributed by atoms with Gasteiger partial charge >= 0.3 is 6.03 Å². The number of nitrogens with zero attached hydrogens (tertiary/aromatic N) is 2. The number of carbonyl (C=O) groups excluding carboxylic acids is 2. The van der Waals surface area contributed by atoms with Gasteiger partial charge in [0.2, 0.25) is 5.91 Å². The highest BCUT2D eigenvalue weighted by molar-refractivity contribution is 6.30. The van der Waals surface area contributed by atoms with Crippen molar-refractivity contribution in [1.29, 1.82) is 0 Å². The molecule has 0 spiro atoms. The lowest BCUT2D eigenvalue weighted by molar-refractivity contribution is -0.131. The van der Waals surface area contributed by atoms with Crippen LogP contribution in [0.3, 0.4) is 0 Å². The fraction of sp³-hybridized carbons (Fsp3) is 0.391. The van der Waals surface area contributed by atoms with E-state index >= 15 is 0 Å². The Labute approximate surface area is 187 Å². The molecule has 1 N–H and O–H groups in total. The molecule has 0 saturated carbocycles. The Hall–Kier alpha value is -2.93. The third kappa shape index (κ3) is 6.04. The van der Waals surface area contributed by atoms with Crippen molar-refractivity contribution < 1.29 is 19.1 Å². The van der Waals surface area contributed by atoms with Gasteiger partial charge in [-0.15, -0.1) is 0 Å². The molecular formula is C23H28ClN3O4. The van der Waals surface area contributed by atoms with Crippen molar-refractivity contribution in [3.63, 3.8) is 0 Å². The van der Waals surface area contributed by atoms with Crippen LogP contribution in [-0.2, 0) is 11.2 Å². The van der Waals surface area contributed by atoms with Crippen LogP contribution < -0.4 is 14.8 Å². The first-order valence-corrected chi connectivity index (χ1v) is 10.7. The molecule has 8 heteroatoms. The van der Waals surface area contributed by atoms with E-state index in [1.54, 1.807) is 43.4 Å². The second-order valence-corrected chi connectivity index (χ2v) is 7.75. The van der Waals surface area contributed by atoms with Gasteiger partial charge in [0.05, 0.1) is 14.2 Å². The molecule has 3 rings (SSSR count). The number of halogens is 1. The highest BCUT2D eigenvalue weighted by Gasteiger charge is 2.22. The fourth-order valence-electron chi connectivity index (χ4n) is 3.66. The Morgan fingerprint density at radius 3 is 2.39 bits per heavy atom. The topological polar surface area (TPSA) is 71.1 Å². The van der Waals surface area contributed by atoms with E-state index < -0.39 is 0 Å². The summed E-state index contributed by atoms with van der Waals surface area (Å²) in [7, 11) is 3.19. The van der Waals surface area contributed by atoms with Crippen molar-refractivity contribution in [2.75, 3.05) is 45.7 Å². The van der Waals surface area contributed by atoms with Crippen LogP contribution in [-0.4, -0.2) is 62.1 Å². The van der Waals surface area contributed by atoms with Crippen LogP contribution in [0.4, 0.5) is 10.5 Å². The number of nitrogens with one attached hydrogen (secondary N) is 1. The predicted octanol–water partition coefficient (Wildman–Crippen LogP) is 4.06. The molecule has 1 aliphatic heterocycles. The van der Waals surface area contributed by atoms with Gasteiger partial charge < -0.3 is 24.6 Å². The molecule has 1 aliphatic rings. The summed E-state index contributed by atoms with van der Waals surface area (Å²) < 4.78 is 10.8. The molecule has 2 aromatic carbocycles. The first-order valence-electron chi connectivity index (χ1n) is 10.3. The average Bonchev–Trinajstić information content (AvgIpc) is 3.05. The molecular weight excluding hydrogens is 418 g/mol. The molecule has 1 heterocycles. The van der Waals surface area contributed by atoms with Gasteiger partial charge in [-0.05, 0) is 48.7 Å². The number of carbonyl (C=O) groups is 2. The molecule has 2 aromatic rings. The van der Waals surface area contributed by atoms with E-state index in [2.05, 4.69) is 5.32 Å². The Kier molecular flexibility index (Phi) is 8.00. The van der Waals surface area contributed by atoms with E-state index in [4.69, 9.17) is 21.1 Å². The number of rotatable bonds is 6. The smallest absolute Gasteiger partial charge is 0.321 e. The molecule has 31 heavy (non-hydrogen) atoms. The van der Waals surface area contributed by atoms with Crippen LogP contribution in [0.5, 0.6) is 11.5 Å². The number of hydrogen-bond acceptors (Lipinski definition) is 4. The van der Waals surface area contributed by atoms with Gasteiger partial charge in [-0.1, -0.05) is 23.7 Å². The number of anilines is 1. The van der Waals surface area contributed by atoms with Crippen LogP contribution in [0.1, 0.15) is 18.4 Å². The maximum atomic E-state index is 12.8. The van der Waals surface area contributed by atoms with E-state index in [1.807, 2.05) is 23.1 Å². The summed E-state index contributed by atoms with van der Waals surface area (Å²) in [6, 6.07) is 12.5. The quantitative estimate of drug-likeness (QED) is 0.728. The van der Waals surface area contributed by atoms with E-state index in [-0.39, 0.29) is 11.9 Å².